The summed E-state index contributed by atoms with van der Waals surface area (Å²) in [6.45, 7) is 7.74. The van der Waals surface area contributed by atoms with Gasteiger partial charge in [0.15, 0.2) is 11.6 Å². The van der Waals surface area contributed by atoms with Gasteiger partial charge in [0.2, 0.25) is 5.78 Å². The monoisotopic (exact) mass is 591 g/mol. The number of fused-ring (bicyclic) bond motifs is 3. The summed E-state index contributed by atoms with van der Waals surface area (Å²) in [6, 6.07) is 16.7. The maximum atomic E-state index is 12.9. The molecule has 224 valence electrons. The molecule has 0 radical (unpaired) electrons. The summed E-state index contributed by atoms with van der Waals surface area (Å²) in [5, 5.41) is 9.26. The number of aromatic nitrogens is 5. The fourth-order valence-corrected chi connectivity index (χ4v) is 5.32. The predicted molar refractivity (Wildman–Crippen MR) is 164 cm³/mol. The molecule has 0 N–H and O–H groups in total. The number of likely N-dealkylation sites (tertiary alicyclic amines) is 1. The van der Waals surface area contributed by atoms with Gasteiger partial charge in [0, 0.05) is 30.9 Å². The van der Waals surface area contributed by atoms with Gasteiger partial charge in [-0.3, -0.25) is 13.8 Å². The van der Waals surface area contributed by atoms with Crippen molar-refractivity contribution in [2.45, 2.75) is 45.8 Å². The summed E-state index contributed by atoms with van der Waals surface area (Å²) >= 11 is 0. The second-order valence-corrected chi connectivity index (χ2v) is 12.0. The molecule has 1 saturated heterocycles. The van der Waals surface area contributed by atoms with E-state index < -0.39 is 5.60 Å². The van der Waals surface area contributed by atoms with E-state index in [0.717, 1.165) is 29.5 Å². The summed E-state index contributed by atoms with van der Waals surface area (Å²) < 4.78 is 14.9. The Hall–Kier alpha value is -5.24. The zero-order valence-electron chi connectivity index (χ0n) is 24.9. The number of hydrogen-bond acceptors (Lipinski definition) is 8. The van der Waals surface area contributed by atoms with Crippen LogP contribution in [0.4, 0.5) is 4.79 Å². The largest absolute Gasteiger partial charge is 0.490 e. The third kappa shape index (κ3) is 6.24. The minimum absolute atomic E-state index is 0.174. The minimum Gasteiger partial charge on any atom is -0.490 e. The zero-order valence-corrected chi connectivity index (χ0v) is 24.9. The van der Waals surface area contributed by atoms with Crippen LogP contribution in [0, 0.1) is 17.2 Å². The van der Waals surface area contributed by atoms with Crippen molar-refractivity contribution in [2.24, 2.45) is 5.92 Å². The van der Waals surface area contributed by atoms with Crippen LogP contribution >= 0.6 is 0 Å². The standard InChI is InChI=1S/C33H33N7O4/c1-33(2,3)44-32(42)38-12-9-22(10-13-38)21-43-26-18-35-30(36-19-26)25-6-4-5-24(15-25)20-40-29(41)11-14-39-28-8-7-23(17-34)16-27(28)37-31(39)40/h4-8,11,14-16,18-19,22H,9-10,12-13,20-21H2,1-3H3. The lowest BCUT2D eigenvalue weighted by Gasteiger charge is -2.33. The SMILES string of the molecule is CC(C)(C)OC(=O)N1CCC(COc2cnc(-c3cccc(Cn4c(=O)ccn5c6ccc(C#N)cc6nc45)c3)nc2)CC1. The number of hydrogen-bond donors (Lipinski definition) is 0. The number of carbonyl (C=O) groups excluding carboxylic acids is 1. The van der Waals surface area contributed by atoms with E-state index in [-0.39, 0.29) is 11.7 Å². The molecular formula is C33H33N7O4. The zero-order chi connectivity index (χ0) is 30.8. The van der Waals surface area contributed by atoms with Crippen LogP contribution in [-0.2, 0) is 11.3 Å². The molecule has 6 rings (SSSR count). The number of carbonyl (C=O) groups is 1. The second-order valence-electron chi connectivity index (χ2n) is 12.0. The quantitative estimate of drug-likeness (QED) is 0.268. The van der Waals surface area contributed by atoms with Crippen LogP contribution in [0.25, 0.3) is 28.2 Å². The maximum absolute atomic E-state index is 12.9. The Morgan fingerprint density at radius 2 is 1.84 bits per heavy atom. The van der Waals surface area contributed by atoms with Crippen molar-refractivity contribution >= 4 is 22.9 Å². The summed E-state index contributed by atoms with van der Waals surface area (Å²) in [6.07, 6.45) is 6.47. The van der Waals surface area contributed by atoms with Crippen molar-refractivity contribution in [1.82, 2.24) is 28.8 Å². The molecule has 11 heteroatoms. The summed E-state index contributed by atoms with van der Waals surface area (Å²) in [5.74, 6) is 1.97. The predicted octanol–water partition coefficient (Wildman–Crippen LogP) is 5.05. The van der Waals surface area contributed by atoms with E-state index in [9.17, 15) is 14.9 Å². The molecule has 5 aromatic rings. The number of ether oxygens (including phenoxy) is 2. The molecule has 0 unspecified atom stereocenters. The van der Waals surface area contributed by atoms with Gasteiger partial charge >= 0.3 is 6.09 Å². The van der Waals surface area contributed by atoms with Crippen molar-refractivity contribution in [1.29, 1.82) is 5.26 Å². The highest BCUT2D eigenvalue weighted by atomic mass is 16.6. The molecule has 0 spiro atoms. The topological polar surface area (TPSA) is 128 Å². The van der Waals surface area contributed by atoms with E-state index in [0.29, 0.717) is 60.6 Å². The summed E-state index contributed by atoms with van der Waals surface area (Å²) in [4.78, 5) is 40.7. The summed E-state index contributed by atoms with van der Waals surface area (Å²) in [5.41, 5.74) is 3.02. The molecule has 1 amide bonds. The van der Waals surface area contributed by atoms with Crippen molar-refractivity contribution in [3.63, 3.8) is 0 Å². The van der Waals surface area contributed by atoms with E-state index in [2.05, 4.69) is 21.0 Å². The van der Waals surface area contributed by atoms with E-state index in [1.54, 1.807) is 40.2 Å². The highest BCUT2D eigenvalue weighted by Crippen LogP contribution is 2.23. The Morgan fingerprint density at radius 3 is 2.57 bits per heavy atom. The Kier molecular flexibility index (Phi) is 7.74. The number of nitriles is 1. The molecule has 0 aliphatic carbocycles. The van der Waals surface area contributed by atoms with Crippen molar-refractivity contribution in [3.05, 3.63) is 88.6 Å². The molecule has 3 aromatic heterocycles. The van der Waals surface area contributed by atoms with Crippen LogP contribution in [0.1, 0.15) is 44.7 Å². The Morgan fingerprint density at radius 1 is 1.07 bits per heavy atom. The van der Waals surface area contributed by atoms with Gasteiger partial charge < -0.3 is 14.4 Å². The van der Waals surface area contributed by atoms with Gasteiger partial charge in [0.05, 0.1) is 48.2 Å². The third-order valence-electron chi connectivity index (χ3n) is 7.58. The molecule has 2 aromatic carbocycles. The first-order chi connectivity index (χ1) is 21.2. The first kappa shape index (κ1) is 28.9. The number of benzene rings is 2. The second kappa shape index (κ2) is 11.8. The molecule has 1 aliphatic heterocycles. The van der Waals surface area contributed by atoms with Gasteiger partial charge in [-0.15, -0.1) is 0 Å². The van der Waals surface area contributed by atoms with Crippen LogP contribution in [0.15, 0.2) is 71.9 Å². The van der Waals surface area contributed by atoms with Crippen molar-refractivity contribution < 1.29 is 14.3 Å². The number of rotatable bonds is 6. The number of piperidine rings is 1. The van der Waals surface area contributed by atoms with Crippen LogP contribution in [0.3, 0.4) is 0 Å². The van der Waals surface area contributed by atoms with Gasteiger partial charge in [0.1, 0.15) is 5.60 Å². The van der Waals surface area contributed by atoms with Gasteiger partial charge in [-0.2, -0.15) is 5.26 Å². The molecule has 11 nitrogen and oxygen atoms in total. The first-order valence-electron chi connectivity index (χ1n) is 14.6. The lowest BCUT2D eigenvalue weighted by Crippen LogP contribution is -2.42. The molecule has 1 aliphatic rings. The van der Waals surface area contributed by atoms with Gasteiger partial charge in [0.25, 0.3) is 5.56 Å². The lowest BCUT2D eigenvalue weighted by molar-refractivity contribution is 0.0165. The van der Waals surface area contributed by atoms with E-state index >= 15 is 0 Å². The molecule has 4 heterocycles. The Bertz CT molecular complexity index is 1930. The maximum Gasteiger partial charge on any atom is 0.410 e. The van der Waals surface area contributed by atoms with E-state index in [1.807, 2.05) is 55.5 Å². The van der Waals surface area contributed by atoms with Crippen LogP contribution in [0.5, 0.6) is 5.75 Å². The van der Waals surface area contributed by atoms with Crippen LogP contribution in [0.2, 0.25) is 0 Å². The van der Waals surface area contributed by atoms with Gasteiger partial charge in [-0.25, -0.2) is 19.7 Å². The smallest absolute Gasteiger partial charge is 0.410 e. The highest BCUT2D eigenvalue weighted by molar-refractivity contribution is 5.81. The lowest BCUT2D eigenvalue weighted by atomic mass is 9.98. The van der Waals surface area contributed by atoms with Crippen molar-refractivity contribution in [3.8, 4) is 23.2 Å². The summed E-state index contributed by atoms with van der Waals surface area (Å²) in [7, 11) is 0. The Balaban J connectivity index is 1.10. The molecule has 1 fully saturated rings. The average Bonchev–Trinajstić information content (AvgIpc) is 3.39. The minimum atomic E-state index is -0.501. The fraction of sp³-hybridized carbons (Fsp3) is 0.333. The average molecular weight is 592 g/mol. The fourth-order valence-electron chi connectivity index (χ4n) is 5.32. The van der Waals surface area contributed by atoms with Gasteiger partial charge in [-0.05, 0) is 69.4 Å². The van der Waals surface area contributed by atoms with E-state index in [1.165, 1.54) is 6.07 Å². The first-order valence-corrected chi connectivity index (χ1v) is 14.6. The van der Waals surface area contributed by atoms with Crippen molar-refractivity contribution in [2.75, 3.05) is 19.7 Å². The number of imidazole rings is 1. The van der Waals surface area contributed by atoms with Gasteiger partial charge in [-0.1, -0.05) is 18.2 Å². The highest BCUT2D eigenvalue weighted by Gasteiger charge is 2.27. The number of amides is 1. The normalized spacial score (nSPS) is 14.1. The molecule has 0 saturated carbocycles. The van der Waals surface area contributed by atoms with Crippen LogP contribution < -0.4 is 10.3 Å². The molecular weight excluding hydrogens is 558 g/mol. The van der Waals surface area contributed by atoms with E-state index in [4.69, 9.17) is 9.47 Å². The molecule has 44 heavy (non-hydrogen) atoms. The molecule has 0 atom stereocenters. The Labute approximate surface area is 254 Å². The van der Waals surface area contributed by atoms with Crippen LogP contribution in [-0.4, -0.2) is 60.2 Å². The molecule has 0 bridgehead atoms. The number of nitrogens with zero attached hydrogens (tertiary/aromatic N) is 7. The third-order valence-corrected chi connectivity index (χ3v) is 7.58.